The molecule has 7 heteroatoms. The lowest BCUT2D eigenvalue weighted by Crippen LogP contribution is -2.36. The summed E-state index contributed by atoms with van der Waals surface area (Å²) in [4.78, 5) is 2.31. The number of nitrogen functional groups attached to an aromatic ring is 1. The molecule has 3 N–H and O–H groups in total. The molecule has 1 aromatic carbocycles. The highest BCUT2D eigenvalue weighted by molar-refractivity contribution is 7.89. The molecule has 112 valence electrons. The molecular formula is C13H22N4O2S. The van der Waals surface area contributed by atoms with E-state index in [0.717, 1.165) is 0 Å². The molecule has 1 aliphatic heterocycles. The maximum Gasteiger partial charge on any atom is 0.245 e. The molecule has 1 heterocycles. The first-order valence-corrected chi connectivity index (χ1v) is 8.04. The fourth-order valence-electron chi connectivity index (χ4n) is 2.72. The average Bonchev–Trinajstić information content (AvgIpc) is 2.81. The SMILES string of the molecule is CC1CN(S(=O)(=O)c2ccccc2NN)CC1N(C)C. The number of nitrogens with zero attached hydrogens (tertiary/aromatic N) is 2. The highest BCUT2D eigenvalue weighted by atomic mass is 32.2. The quantitative estimate of drug-likeness (QED) is 0.627. The van der Waals surface area contributed by atoms with Crippen molar-refractivity contribution in [2.45, 2.75) is 17.9 Å². The first-order chi connectivity index (χ1) is 9.37. The Kier molecular flexibility index (Phi) is 4.33. The first-order valence-electron chi connectivity index (χ1n) is 6.60. The Bertz CT molecular complexity index is 573. The third kappa shape index (κ3) is 2.67. The van der Waals surface area contributed by atoms with Crippen LogP contribution >= 0.6 is 0 Å². The van der Waals surface area contributed by atoms with E-state index in [9.17, 15) is 8.42 Å². The van der Waals surface area contributed by atoms with Gasteiger partial charge in [-0.25, -0.2) is 8.42 Å². The summed E-state index contributed by atoms with van der Waals surface area (Å²) in [7, 11) is 0.441. The van der Waals surface area contributed by atoms with Gasteiger partial charge in [0.15, 0.2) is 0 Å². The smallest absolute Gasteiger partial charge is 0.245 e. The number of rotatable bonds is 4. The van der Waals surface area contributed by atoms with Crippen molar-refractivity contribution < 1.29 is 8.42 Å². The molecule has 0 saturated carbocycles. The number of hydrazine groups is 1. The van der Waals surface area contributed by atoms with Gasteiger partial charge in [0.1, 0.15) is 4.90 Å². The van der Waals surface area contributed by atoms with Gasteiger partial charge in [0.25, 0.3) is 0 Å². The normalized spacial score (nSPS) is 24.2. The maximum absolute atomic E-state index is 12.7. The van der Waals surface area contributed by atoms with Gasteiger partial charge >= 0.3 is 0 Å². The summed E-state index contributed by atoms with van der Waals surface area (Å²) in [5, 5.41) is 0. The van der Waals surface area contributed by atoms with Crippen LogP contribution in [0.5, 0.6) is 0 Å². The van der Waals surface area contributed by atoms with Crippen LogP contribution in [0, 0.1) is 5.92 Å². The minimum atomic E-state index is -3.52. The number of nitrogens with one attached hydrogen (secondary N) is 1. The molecule has 0 amide bonds. The fraction of sp³-hybridized carbons (Fsp3) is 0.538. The number of nitrogens with two attached hydrogens (primary N) is 1. The standard InChI is InChI=1S/C13H22N4O2S/c1-10-8-17(9-12(10)16(2)3)20(18,19)13-7-5-4-6-11(13)15-14/h4-7,10,12,15H,8-9,14H2,1-3H3. The van der Waals surface area contributed by atoms with Crippen molar-refractivity contribution in [3.63, 3.8) is 0 Å². The molecule has 0 aliphatic carbocycles. The first kappa shape index (κ1) is 15.2. The molecule has 0 radical (unpaired) electrons. The Morgan fingerprint density at radius 1 is 1.30 bits per heavy atom. The van der Waals surface area contributed by atoms with Crippen LogP contribution < -0.4 is 11.3 Å². The Hall–Kier alpha value is -1.15. The summed E-state index contributed by atoms with van der Waals surface area (Å²) in [5.74, 6) is 5.71. The van der Waals surface area contributed by atoms with Gasteiger partial charge < -0.3 is 10.3 Å². The molecule has 0 spiro atoms. The molecule has 1 fully saturated rings. The third-order valence-corrected chi connectivity index (χ3v) is 5.75. The van der Waals surface area contributed by atoms with Gasteiger partial charge in [0, 0.05) is 19.1 Å². The Labute approximate surface area is 120 Å². The second-order valence-electron chi connectivity index (χ2n) is 5.47. The van der Waals surface area contributed by atoms with Crippen LogP contribution in [-0.4, -0.2) is 50.8 Å². The minimum absolute atomic E-state index is 0.231. The van der Waals surface area contributed by atoms with Gasteiger partial charge in [-0.2, -0.15) is 4.31 Å². The summed E-state index contributed by atoms with van der Waals surface area (Å²) < 4.78 is 27.0. The van der Waals surface area contributed by atoms with Gasteiger partial charge in [-0.05, 0) is 32.1 Å². The van der Waals surface area contributed by atoms with E-state index in [-0.39, 0.29) is 10.9 Å². The van der Waals surface area contributed by atoms with Crippen LogP contribution in [0.15, 0.2) is 29.2 Å². The van der Waals surface area contributed by atoms with E-state index in [4.69, 9.17) is 5.84 Å². The van der Waals surface area contributed by atoms with E-state index in [0.29, 0.717) is 24.7 Å². The topological polar surface area (TPSA) is 78.7 Å². The average molecular weight is 298 g/mol. The van der Waals surface area contributed by atoms with Crippen molar-refractivity contribution in [3.8, 4) is 0 Å². The predicted molar refractivity (Wildman–Crippen MR) is 79.6 cm³/mol. The summed E-state index contributed by atoms with van der Waals surface area (Å²) in [5.41, 5.74) is 2.88. The van der Waals surface area contributed by atoms with Gasteiger partial charge in [0.2, 0.25) is 10.0 Å². The van der Waals surface area contributed by atoms with Crippen LogP contribution in [0.4, 0.5) is 5.69 Å². The molecule has 2 atom stereocenters. The van der Waals surface area contributed by atoms with Gasteiger partial charge in [-0.1, -0.05) is 19.1 Å². The molecule has 20 heavy (non-hydrogen) atoms. The number of para-hydroxylation sites is 1. The van der Waals surface area contributed by atoms with E-state index in [1.165, 1.54) is 0 Å². The lowest BCUT2D eigenvalue weighted by molar-refractivity contribution is 0.263. The van der Waals surface area contributed by atoms with Crippen LogP contribution in [0.3, 0.4) is 0 Å². The van der Waals surface area contributed by atoms with Crippen molar-refractivity contribution in [1.82, 2.24) is 9.21 Å². The van der Waals surface area contributed by atoms with Crippen molar-refractivity contribution in [2.75, 3.05) is 32.6 Å². The Balaban J connectivity index is 2.33. The molecule has 2 unspecified atom stereocenters. The van der Waals surface area contributed by atoms with Crippen molar-refractivity contribution in [3.05, 3.63) is 24.3 Å². The lowest BCUT2D eigenvalue weighted by atomic mass is 10.1. The van der Waals surface area contributed by atoms with Crippen molar-refractivity contribution in [2.24, 2.45) is 11.8 Å². The molecule has 0 bridgehead atoms. The Morgan fingerprint density at radius 2 is 1.95 bits per heavy atom. The zero-order chi connectivity index (χ0) is 14.9. The second kappa shape index (κ2) is 5.69. The molecule has 1 aliphatic rings. The number of sulfonamides is 1. The van der Waals surface area contributed by atoms with Gasteiger partial charge in [0.05, 0.1) is 5.69 Å². The van der Waals surface area contributed by atoms with E-state index in [2.05, 4.69) is 17.2 Å². The number of hydrogen-bond acceptors (Lipinski definition) is 5. The van der Waals surface area contributed by atoms with Crippen LogP contribution in [0.1, 0.15) is 6.92 Å². The molecule has 1 saturated heterocycles. The van der Waals surface area contributed by atoms with E-state index in [1.807, 2.05) is 14.1 Å². The van der Waals surface area contributed by atoms with Crippen molar-refractivity contribution >= 4 is 15.7 Å². The van der Waals surface area contributed by atoms with Crippen LogP contribution in [-0.2, 0) is 10.0 Å². The van der Waals surface area contributed by atoms with E-state index in [1.54, 1.807) is 28.6 Å². The van der Waals surface area contributed by atoms with E-state index >= 15 is 0 Å². The van der Waals surface area contributed by atoms with Crippen LogP contribution in [0.25, 0.3) is 0 Å². The molecule has 0 aromatic heterocycles. The zero-order valence-corrected chi connectivity index (χ0v) is 12.9. The second-order valence-corrected chi connectivity index (χ2v) is 7.38. The van der Waals surface area contributed by atoms with Crippen LogP contribution in [0.2, 0.25) is 0 Å². The monoisotopic (exact) mass is 298 g/mol. The summed E-state index contributed by atoms with van der Waals surface area (Å²) in [6.07, 6.45) is 0. The minimum Gasteiger partial charge on any atom is -0.323 e. The molecule has 1 aromatic rings. The lowest BCUT2D eigenvalue weighted by Gasteiger charge is -2.22. The molecule has 6 nitrogen and oxygen atoms in total. The Morgan fingerprint density at radius 3 is 2.50 bits per heavy atom. The van der Waals surface area contributed by atoms with Gasteiger partial charge in [-0.15, -0.1) is 0 Å². The number of hydrogen-bond donors (Lipinski definition) is 2. The molecule has 2 rings (SSSR count). The number of likely N-dealkylation sites (N-methyl/N-ethyl adjacent to an activating group) is 1. The summed E-state index contributed by atoms with van der Waals surface area (Å²) >= 11 is 0. The largest absolute Gasteiger partial charge is 0.323 e. The zero-order valence-electron chi connectivity index (χ0n) is 12.1. The molecular weight excluding hydrogens is 276 g/mol. The predicted octanol–water partition coefficient (Wildman–Crippen LogP) is 0.543. The maximum atomic E-state index is 12.7. The highest BCUT2D eigenvalue weighted by Crippen LogP contribution is 2.29. The van der Waals surface area contributed by atoms with E-state index < -0.39 is 10.0 Å². The number of anilines is 1. The third-order valence-electron chi connectivity index (χ3n) is 3.86. The summed E-state index contributed by atoms with van der Waals surface area (Å²) in [6.45, 7) is 3.12. The summed E-state index contributed by atoms with van der Waals surface area (Å²) in [6, 6.07) is 6.94. The highest BCUT2D eigenvalue weighted by Gasteiger charge is 2.38. The fourth-order valence-corrected chi connectivity index (χ4v) is 4.44. The number of benzene rings is 1. The van der Waals surface area contributed by atoms with Crippen molar-refractivity contribution in [1.29, 1.82) is 0 Å². The van der Waals surface area contributed by atoms with Gasteiger partial charge in [-0.3, -0.25) is 5.84 Å².